The number of non-ortho nitro benzene ring substituents is 1. The van der Waals surface area contributed by atoms with Crippen LogP contribution in [0.1, 0.15) is 5.56 Å². The summed E-state index contributed by atoms with van der Waals surface area (Å²) in [4.78, 5) is 10.1. The van der Waals surface area contributed by atoms with Crippen molar-refractivity contribution in [1.82, 2.24) is 0 Å². The van der Waals surface area contributed by atoms with E-state index in [4.69, 9.17) is 0 Å². The zero-order valence-electron chi connectivity index (χ0n) is 9.77. The summed E-state index contributed by atoms with van der Waals surface area (Å²) >= 11 is 0. The summed E-state index contributed by atoms with van der Waals surface area (Å²) in [7, 11) is 0. The van der Waals surface area contributed by atoms with Gasteiger partial charge in [0, 0.05) is 30.4 Å². The molecule has 0 aliphatic heterocycles. The van der Waals surface area contributed by atoms with Gasteiger partial charge in [0.05, 0.1) is 4.92 Å². The van der Waals surface area contributed by atoms with Crippen molar-refractivity contribution < 1.29 is 13.7 Å². The van der Waals surface area contributed by atoms with Crippen LogP contribution in [0.5, 0.6) is 0 Å². The van der Waals surface area contributed by atoms with Gasteiger partial charge in [-0.1, -0.05) is 12.1 Å². The Hall–Kier alpha value is -2.50. The van der Waals surface area contributed by atoms with Gasteiger partial charge in [-0.2, -0.15) is 0 Å². The van der Waals surface area contributed by atoms with Crippen LogP contribution >= 0.6 is 0 Å². The average Bonchev–Trinajstić information content (AvgIpc) is 2.35. The van der Waals surface area contributed by atoms with E-state index in [1.807, 2.05) is 0 Å². The SMILES string of the molecule is O=[N+]([O-])c1cccc(CNc2cc(F)cc(F)c2)c1. The van der Waals surface area contributed by atoms with Gasteiger partial charge in [0.1, 0.15) is 11.6 Å². The van der Waals surface area contributed by atoms with Crippen LogP contribution in [0.4, 0.5) is 20.2 Å². The van der Waals surface area contributed by atoms with Crippen LogP contribution in [-0.4, -0.2) is 4.92 Å². The van der Waals surface area contributed by atoms with Crippen molar-refractivity contribution in [1.29, 1.82) is 0 Å². The Kier molecular flexibility index (Phi) is 3.70. The number of benzene rings is 2. The quantitative estimate of drug-likeness (QED) is 0.679. The lowest BCUT2D eigenvalue weighted by molar-refractivity contribution is -0.384. The molecule has 2 aromatic rings. The molecule has 0 amide bonds. The normalized spacial score (nSPS) is 10.2. The van der Waals surface area contributed by atoms with E-state index in [-0.39, 0.29) is 17.9 Å². The van der Waals surface area contributed by atoms with Crippen molar-refractivity contribution in [3.05, 3.63) is 69.8 Å². The van der Waals surface area contributed by atoms with Crippen LogP contribution in [0.3, 0.4) is 0 Å². The van der Waals surface area contributed by atoms with E-state index >= 15 is 0 Å². The van der Waals surface area contributed by atoms with Gasteiger partial charge in [-0.25, -0.2) is 8.78 Å². The number of nitrogens with one attached hydrogen (secondary N) is 1. The van der Waals surface area contributed by atoms with Crippen molar-refractivity contribution in [3.63, 3.8) is 0 Å². The summed E-state index contributed by atoms with van der Waals surface area (Å²) in [5.41, 5.74) is 0.910. The van der Waals surface area contributed by atoms with E-state index in [9.17, 15) is 18.9 Å². The molecule has 4 nitrogen and oxygen atoms in total. The van der Waals surface area contributed by atoms with Crippen molar-refractivity contribution in [3.8, 4) is 0 Å². The van der Waals surface area contributed by atoms with Gasteiger partial charge < -0.3 is 5.32 Å². The summed E-state index contributed by atoms with van der Waals surface area (Å²) in [6.07, 6.45) is 0. The van der Waals surface area contributed by atoms with E-state index in [2.05, 4.69) is 5.32 Å². The minimum absolute atomic E-state index is 0.0234. The first-order valence-electron chi connectivity index (χ1n) is 5.48. The molecule has 0 aromatic heterocycles. The van der Waals surface area contributed by atoms with Gasteiger partial charge in [0.15, 0.2) is 0 Å². The number of hydrogen-bond donors (Lipinski definition) is 1. The molecule has 98 valence electrons. The molecule has 0 spiro atoms. The summed E-state index contributed by atoms with van der Waals surface area (Å²) in [5.74, 6) is -1.36. The standard InChI is InChI=1S/C13H10F2N2O2/c14-10-5-11(15)7-12(6-10)16-8-9-2-1-3-13(4-9)17(18)19/h1-7,16H,8H2. The molecule has 0 fully saturated rings. The summed E-state index contributed by atoms with van der Waals surface area (Å²) in [6, 6.07) is 9.12. The number of hydrogen-bond acceptors (Lipinski definition) is 3. The number of anilines is 1. The fourth-order valence-electron chi connectivity index (χ4n) is 1.64. The zero-order valence-corrected chi connectivity index (χ0v) is 9.77. The first-order chi connectivity index (χ1) is 9.04. The van der Waals surface area contributed by atoms with Crippen LogP contribution in [0.2, 0.25) is 0 Å². The molecule has 0 heterocycles. The fourth-order valence-corrected chi connectivity index (χ4v) is 1.64. The predicted molar refractivity (Wildman–Crippen MR) is 66.8 cm³/mol. The van der Waals surface area contributed by atoms with Gasteiger partial charge >= 0.3 is 0 Å². The largest absolute Gasteiger partial charge is 0.381 e. The highest BCUT2D eigenvalue weighted by atomic mass is 19.1. The minimum Gasteiger partial charge on any atom is -0.381 e. The average molecular weight is 264 g/mol. The summed E-state index contributed by atoms with van der Waals surface area (Å²) < 4.78 is 25.9. The van der Waals surface area contributed by atoms with E-state index in [0.29, 0.717) is 5.56 Å². The number of nitrogens with zero attached hydrogens (tertiary/aromatic N) is 1. The molecule has 2 aromatic carbocycles. The lowest BCUT2D eigenvalue weighted by Crippen LogP contribution is -2.01. The molecule has 0 aliphatic rings. The Labute approximate surface area is 107 Å². The van der Waals surface area contributed by atoms with Crippen molar-refractivity contribution >= 4 is 11.4 Å². The van der Waals surface area contributed by atoms with Crippen LogP contribution in [0, 0.1) is 21.7 Å². The molecule has 0 aliphatic carbocycles. The van der Waals surface area contributed by atoms with E-state index in [1.165, 1.54) is 12.1 Å². The Bertz CT molecular complexity index is 597. The van der Waals surface area contributed by atoms with Crippen LogP contribution in [0.25, 0.3) is 0 Å². The molecule has 0 saturated heterocycles. The maximum absolute atomic E-state index is 13.0. The van der Waals surface area contributed by atoms with E-state index in [0.717, 1.165) is 18.2 Å². The highest BCUT2D eigenvalue weighted by molar-refractivity contribution is 5.45. The number of halogens is 2. The van der Waals surface area contributed by atoms with Crippen LogP contribution in [-0.2, 0) is 6.54 Å². The first-order valence-corrected chi connectivity index (χ1v) is 5.48. The van der Waals surface area contributed by atoms with Crippen LogP contribution < -0.4 is 5.32 Å². The smallest absolute Gasteiger partial charge is 0.269 e. The zero-order chi connectivity index (χ0) is 13.8. The van der Waals surface area contributed by atoms with Crippen molar-refractivity contribution in [2.75, 3.05) is 5.32 Å². The monoisotopic (exact) mass is 264 g/mol. The van der Waals surface area contributed by atoms with Gasteiger partial charge in [-0.3, -0.25) is 10.1 Å². The third kappa shape index (κ3) is 3.48. The Morgan fingerprint density at radius 1 is 1.11 bits per heavy atom. The minimum atomic E-state index is -0.679. The first kappa shape index (κ1) is 12.9. The molecule has 6 heteroatoms. The molecule has 19 heavy (non-hydrogen) atoms. The van der Waals surface area contributed by atoms with Crippen molar-refractivity contribution in [2.45, 2.75) is 6.54 Å². The van der Waals surface area contributed by atoms with E-state index < -0.39 is 16.6 Å². The molecular weight excluding hydrogens is 254 g/mol. The number of nitro benzene ring substituents is 1. The lowest BCUT2D eigenvalue weighted by Gasteiger charge is -2.06. The second-order valence-electron chi connectivity index (χ2n) is 3.94. The highest BCUT2D eigenvalue weighted by Gasteiger charge is 2.06. The highest BCUT2D eigenvalue weighted by Crippen LogP contribution is 2.16. The van der Waals surface area contributed by atoms with Gasteiger partial charge in [-0.05, 0) is 17.7 Å². The number of nitro groups is 1. The predicted octanol–water partition coefficient (Wildman–Crippen LogP) is 3.49. The lowest BCUT2D eigenvalue weighted by atomic mass is 10.2. The number of rotatable bonds is 4. The fraction of sp³-hybridized carbons (Fsp3) is 0.0769. The second kappa shape index (κ2) is 5.43. The van der Waals surface area contributed by atoms with E-state index in [1.54, 1.807) is 12.1 Å². The molecule has 0 bridgehead atoms. The molecule has 0 unspecified atom stereocenters. The molecule has 0 atom stereocenters. The molecule has 2 rings (SSSR count). The van der Waals surface area contributed by atoms with Gasteiger partial charge in [0.25, 0.3) is 5.69 Å². The molecule has 1 N–H and O–H groups in total. The summed E-state index contributed by atoms with van der Waals surface area (Å²) in [5, 5.41) is 13.4. The van der Waals surface area contributed by atoms with Gasteiger partial charge in [-0.15, -0.1) is 0 Å². The Morgan fingerprint density at radius 2 is 1.79 bits per heavy atom. The van der Waals surface area contributed by atoms with Crippen LogP contribution in [0.15, 0.2) is 42.5 Å². The second-order valence-corrected chi connectivity index (χ2v) is 3.94. The molecular formula is C13H10F2N2O2. The maximum Gasteiger partial charge on any atom is 0.269 e. The molecule has 0 radical (unpaired) electrons. The van der Waals surface area contributed by atoms with Gasteiger partial charge in [0.2, 0.25) is 0 Å². The Balaban J connectivity index is 2.10. The topological polar surface area (TPSA) is 55.2 Å². The third-order valence-corrected chi connectivity index (χ3v) is 2.48. The summed E-state index contributed by atoms with van der Waals surface area (Å²) in [6.45, 7) is 0.241. The maximum atomic E-state index is 13.0. The van der Waals surface area contributed by atoms with Crippen molar-refractivity contribution in [2.24, 2.45) is 0 Å². The Morgan fingerprint density at radius 3 is 2.42 bits per heavy atom. The third-order valence-electron chi connectivity index (χ3n) is 2.48. The molecule has 0 saturated carbocycles.